The van der Waals surface area contributed by atoms with E-state index in [4.69, 9.17) is 0 Å². The van der Waals surface area contributed by atoms with Gasteiger partial charge < -0.3 is 9.88 Å². The smallest absolute Gasteiger partial charge is 0.0459 e. The first-order valence-electron chi connectivity index (χ1n) is 5.88. The van der Waals surface area contributed by atoms with Gasteiger partial charge in [0.15, 0.2) is 0 Å². The van der Waals surface area contributed by atoms with Gasteiger partial charge in [-0.3, -0.25) is 0 Å². The fourth-order valence-electron chi connectivity index (χ4n) is 2.55. The number of nitrogens with one attached hydrogen (secondary N) is 1. The number of aryl methyl sites for hydroxylation is 1. The Morgan fingerprint density at radius 1 is 1.24 bits per heavy atom. The molecule has 88 valence electrons. The van der Waals surface area contributed by atoms with Gasteiger partial charge in [0.25, 0.3) is 0 Å². The molecule has 3 heteroatoms. The van der Waals surface area contributed by atoms with E-state index in [1.54, 1.807) is 0 Å². The first-order valence-corrected chi connectivity index (χ1v) is 6.68. The molecule has 0 atom stereocenters. The largest absolute Gasteiger partial charge is 0.384 e. The molecule has 1 aromatic heterocycles. The highest BCUT2D eigenvalue weighted by Crippen LogP contribution is 2.29. The second kappa shape index (κ2) is 3.91. The lowest BCUT2D eigenvalue weighted by atomic mass is 10.1. The van der Waals surface area contributed by atoms with Crippen LogP contribution in [0.2, 0.25) is 0 Å². The first kappa shape index (κ1) is 10.9. The maximum atomic E-state index is 3.59. The first-order chi connectivity index (χ1) is 8.16. The Balaban J connectivity index is 2.15. The summed E-state index contributed by atoms with van der Waals surface area (Å²) < 4.78 is 3.47. The summed E-state index contributed by atoms with van der Waals surface area (Å²) in [6, 6.07) is 8.83. The van der Waals surface area contributed by atoms with Gasteiger partial charge in [-0.2, -0.15) is 0 Å². The van der Waals surface area contributed by atoms with E-state index in [1.807, 2.05) is 0 Å². The third-order valence-electron chi connectivity index (χ3n) is 3.43. The standard InChI is InChI=1S/C14H15BrN2/c1-9-7-13(15)10(2)17(9)12-3-4-14-11(8-12)5-6-16-14/h3-4,7-8,16H,5-6H2,1-2H3. The Bertz CT molecular complexity index is 584. The quantitative estimate of drug-likeness (QED) is 0.845. The fraction of sp³-hybridized carbons (Fsp3) is 0.286. The molecule has 1 aromatic carbocycles. The highest BCUT2D eigenvalue weighted by atomic mass is 79.9. The van der Waals surface area contributed by atoms with Crippen molar-refractivity contribution in [2.75, 3.05) is 11.9 Å². The van der Waals surface area contributed by atoms with E-state index in [2.05, 4.69) is 63.9 Å². The van der Waals surface area contributed by atoms with Crippen LogP contribution in [0.4, 0.5) is 5.69 Å². The normalized spacial score (nSPS) is 13.6. The molecule has 0 unspecified atom stereocenters. The highest BCUT2D eigenvalue weighted by molar-refractivity contribution is 9.10. The Morgan fingerprint density at radius 2 is 2.06 bits per heavy atom. The van der Waals surface area contributed by atoms with Crippen LogP contribution >= 0.6 is 15.9 Å². The topological polar surface area (TPSA) is 17.0 Å². The van der Waals surface area contributed by atoms with Crippen molar-refractivity contribution in [2.45, 2.75) is 20.3 Å². The lowest BCUT2D eigenvalue weighted by molar-refractivity contribution is 0.959. The van der Waals surface area contributed by atoms with E-state index in [0.717, 1.165) is 13.0 Å². The molecule has 0 spiro atoms. The maximum Gasteiger partial charge on any atom is 0.0459 e. The van der Waals surface area contributed by atoms with Gasteiger partial charge in [-0.05, 0) is 66.0 Å². The SMILES string of the molecule is Cc1cc(Br)c(C)n1-c1ccc2c(c1)CCN2. The van der Waals surface area contributed by atoms with E-state index in [0.29, 0.717) is 0 Å². The zero-order chi connectivity index (χ0) is 12.0. The third kappa shape index (κ3) is 1.69. The maximum absolute atomic E-state index is 3.59. The van der Waals surface area contributed by atoms with Crippen molar-refractivity contribution < 1.29 is 0 Å². The van der Waals surface area contributed by atoms with Crippen LogP contribution in [-0.2, 0) is 6.42 Å². The summed E-state index contributed by atoms with van der Waals surface area (Å²) >= 11 is 3.59. The lowest BCUT2D eigenvalue weighted by Crippen LogP contribution is -1.99. The second-order valence-electron chi connectivity index (χ2n) is 4.57. The van der Waals surface area contributed by atoms with Crippen molar-refractivity contribution in [3.8, 4) is 5.69 Å². The van der Waals surface area contributed by atoms with Crippen molar-refractivity contribution in [1.82, 2.24) is 4.57 Å². The van der Waals surface area contributed by atoms with Gasteiger partial charge in [-0.25, -0.2) is 0 Å². The Labute approximate surface area is 110 Å². The molecule has 2 heterocycles. The van der Waals surface area contributed by atoms with E-state index in [1.165, 1.54) is 32.8 Å². The molecule has 17 heavy (non-hydrogen) atoms. The van der Waals surface area contributed by atoms with Crippen LogP contribution in [0.25, 0.3) is 5.69 Å². The van der Waals surface area contributed by atoms with Gasteiger partial charge in [-0.1, -0.05) is 0 Å². The van der Waals surface area contributed by atoms with Gasteiger partial charge in [0.05, 0.1) is 0 Å². The number of hydrogen-bond donors (Lipinski definition) is 1. The number of fused-ring (bicyclic) bond motifs is 1. The number of anilines is 1. The molecule has 0 amide bonds. The zero-order valence-electron chi connectivity index (χ0n) is 10.0. The van der Waals surface area contributed by atoms with Gasteiger partial charge >= 0.3 is 0 Å². The molecule has 1 aliphatic rings. The average Bonchev–Trinajstić information content (AvgIpc) is 2.84. The number of aromatic nitrogens is 1. The molecule has 1 N–H and O–H groups in total. The monoisotopic (exact) mass is 290 g/mol. The molecule has 3 rings (SSSR count). The van der Waals surface area contributed by atoms with Crippen molar-refractivity contribution in [3.05, 3.63) is 45.7 Å². The molecule has 2 aromatic rings. The molecular formula is C14H15BrN2. The number of halogens is 1. The Kier molecular flexibility index (Phi) is 2.51. The molecule has 0 saturated carbocycles. The lowest BCUT2D eigenvalue weighted by Gasteiger charge is -2.11. The van der Waals surface area contributed by atoms with Crippen LogP contribution in [0.15, 0.2) is 28.7 Å². The predicted octanol–water partition coefficient (Wildman–Crippen LogP) is 3.82. The molecule has 0 bridgehead atoms. The second-order valence-corrected chi connectivity index (χ2v) is 5.43. The summed E-state index contributed by atoms with van der Waals surface area (Å²) in [6.07, 6.45) is 1.13. The molecule has 0 fully saturated rings. The molecule has 0 aliphatic carbocycles. The summed E-state index contributed by atoms with van der Waals surface area (Å²) in [5, 5.41) is 3.39. The summed E-state index contributed by atoms with van der Waals surface area (Å²) in [7, 11) is 0. The van der Waals surface area contributed by atoms with Crippen LogP contribution in [0.5, 0.6) is 0 Å². The van der Waals surface area contributed by atoms with Crippen molar-refractivity contribution in [2.24, 2.45) is 0 Å². The summed E-state index contributed by atoms with van der Waals surface area (Å²) in [5.41, 5.74) is 6.49. The zero-order valence-corrected chi connectivity index (χ0v) is 11.6. The highest BCUT2D eigenvalue weighted by Gasteiger charge is 2.13. The summed E-state index contributed by atoms with van der Waals surface area (Å²) in [6.45, 7) is 5.35. The minimum Gasteiger partial charge on any atom is -0.384 e. The fourth-order valence-corrected chi connectivity index (χ4v) is 3.06. The van der Waals surface area contributed by atoms with E-state index >= 15 is 0 Å². The van der Waals surface area contributed by atoms with Gasteiger partial charge in [0, 0.05) is 33.8 Å². The minimum absolute atomic E-state index is 1.06. The molecular weight excluding hydrogens is 276 g/mol. The molecule has 2 nitrogen and oxygen atoms in total. The van der Waals surface area contributed by atoms with Crippen LogP contribution in [-0.4, -0.2) is 11.1 Å². The van der Waals surface area contributed by atoms with Crippen molar-refractivity contribution in [1.29, 1.82) is 0 Å². The minimum atomic E-state index is 1.06. The summed E-state index contributed by atoms with van der Waals surface area (Å²) in [5.74, 6) is 0. The third-order valence-corrected chi connectivity index (χ3v) is 4.23. The van der Waals surface area contributed by atoms with Crippen LogP contribution in [0, 0.1) is 13.8 Å². The average molecular weight is 291 g/mol. The van der Waals surface area contributed by atoms with Crippen molar-refractivity contribution in [3.63, 3.8) is 0 Å². The van der Waals surface area contributed by atoms with Crippen LogP contribution in [0.1, 0.15) is 17.0 Å². The van der Waals surface area contributed by atoms with Crippen LogP contribution < -0.4 is 5.32 Å². The number of nitrogens with zero attached hydrogens (tertiary/aromatic N) is 1. The Morgan fingerprint density at radius 3 is 2.76 bits per heavy atom. The van der Waals surface area contributed by atoms with Gasteiger partial charge in [-0.15, -0.1) is 0 Å². The van der Waals surface area contributed by atoms with E-state index in [9.17, 15) is 0 Å². The molecule has 0 saturated heterocycles. The number of hydrogen-bond acceptors (Lipinski definition) is 1. The van der Waals surface area contributed by atoms with Crippen LogP contribution in [0.3, 0.4) is 0 Å². The number of benzene rings is 1. The summed E-state index contributed by atoms with van der Waals surface area (Å²) in [4.78, 5) is 0. The molecule has 0 radical (unpaired) electrons. The van der Waals surface area contributed by atoms with E-state index in [-0.39, 0.29) is 0 Å². The molecule has 1 aliphatic heterocycles. The predicted molar refractivity (Wildman–Crippen MR) is 75.1 cm³/mol. The van der Waals surface area contributed by atoms with E-state index < -0.39 is 0 Å². The number of rotatable bonds is 1. The van der Waals surface area contributed by atoms with Gasteiger partial charge in [0.1, 0.15) is 0 Å². The van der Waals surface area contributed by atoms with Gasteiger partial charge in [0.2, 0.25) is 0 Å². The Hall–Kier alpha value is -1.22. The van der Waals surface area contributed by atoms with Crippen molar-refractivity contribution >= 4 is 21.6 Å².